The third-order valence-electron chi connectivity index (χ3n) is 4.66. The number of nitrogens with zero attached hydrogens (tertiary/aromatic N) is 1. The standard InChI is InChI=1S/C24H17FN2O3/c25-19-8-5-9-20(15-19)26-23(29)17-7-4-6-16(12-17)13-18-14-22(28)27(24(18)30)21-10-2-1-3-11-21/h1-13,15H,14H2,(H,26,29)/b18-13+. The van der Waals surface area contributed by atoms with Gasteiger partial charge in [-0.25, -0.2) is 9.29 Å². The lowest BCUT2D eigenvalue weighted by Gasteiger charge is -2.12. The van der Waals surface area contributed by atoms with Gasteiger partial charge in [-0.05, 0) is 54.1 Å². The summed E-state index contributed by atoms with van der Waals surface area (Å²) >= 11 is 0. The predicted molar refractivity (Wildman–Crippen MR) is 112 cm³/mol. The first-order chi connectivity index (χ1) is 14.5. The first kappa shape index (κ1) is 19.3. The van der Waals surface area contributed by atoms with Gasteiger partial charge in [0.1, 0.15) is 5.82 Å². The van der Waals surface area contributed by atoms with E-state index in [0.29, 0.717) is 28.1 Å². The number of rotatable bonds is 4. The Labute approximate surface area is 172 Å². The lowest BCUT2D eigenvalue weighted by Crippen LogP contribution is -2.28. The average Bonchev–Trinajstić information content (AvgIpc) is 3.02. The molecular weight excluding hydrogens is 383 g/mol. The molecule has 1 heterocycles. The van der Waals surface area contributed by atoms with Crippen molar-refractivity contribution in [2.75, 3.05) is 10.2 Å². The Morgan fingerprint density at radius 2 is 1.70 bits per heavy atom. The summed E-state index contributed by atoms with van der Waals surface area (Å²) in [6.45, 7) is 0. The molecule has 0 aromatic heterocycles. The number of carbonyl (C=O) groups excluding carboxylic acids is 3. The van der Waals surface area contributed by atoms with Crippen LogP contribution in [0.2, 0.25) is 0 Å². The van der Waals surface area contributed by atoms with Crippen LogP contribution in [0.1, 0.15) is 22.3 Å². The van der Waals surface area contributed by atoms with E-state index >= 15 is 0 Å². The van der Waals surface area contributed by atoms with Gasteiger partial charge >= 0.3 is 0 Å². The summed E-state index contributed by atoms with van der Waals surface area (Å²) in [5.74, 6) is -1.52. The fraction of sp³-hybridized carbons (Fsp3) is 0.0417. The summed E-state index contributed by atoms with van der Waals surface area (Å²) in [7, 11) is 0. The minimum atomic E-state index is -0.446. The van der Waals surface area contributed by atoms with E-state index in [1.165, 1.54) is 18.2 Å². The second kappa shape index (κ2) is 8.13. The molecule has 1 saturated heterocycles. The monoisotopic (exact) mass is 400 g/mol. The molecule has 3 amide bonds. The number of benzene rings is 3. The molecule has 0 saturated carbocycles. The third kappa shape index (κ3) is 4.03. The Kier molecular flexibility index (Phi) is 5.22. The number of carbonyl (C=O) groups is 3. The zero-order valence-electron chi connectivity index (χ0n) is 15.8. The van der Waals surface area contributed by atoms with Crippen molar-refractivity contribution in [1.82, 2.24) is 0 Å². The molecular formula is C24H17FN2O3. The molecule has 1 aliphatic rings. The van der Waals surface area contributed by atoms with Crippen LogP contribution in [0.5, 0.6) is 0 Å². The first-order valence-electron chi connectivity index (χ1n) is 9.31. The number of imide groups is 1. The molecule has 0 bridgehead atoms. The topological polar surface area (TPSA) is 66.5 Å². The number of hydrogen-bond acceptors (Lipinski definition) is 3. The number of halogens is 1. The van der Waals surface area contributed by atoms with Crippen LogP contribution in [0.3, 0.4) is 0 Å². The molecule has 1 fully saturated rings. The molecule has 148 valence electrons. The lowest BCUT2D eigenvalue weighted by atomic mass is 10.1. The maximum atomic E-state index is 13.3. The van der Waals surface area contributed by atoms with Crippen LogP contribution in [-0.4, -0.2) is 17.7 Å². The highest BCUT2D eigenvalue weighted by Gasteiger charge is 2.34. The Morgan fingerprint density at radius 1 is 0.933 bits per heavy atom. The average molecular weight is 400 g/mol. The molecule has 3 aromatic rings. The highest BCUT2D eigenvalue weighted by Crippen LogP contribution is 2.27. The zero-order valence-corrected chi connectivity index (χ0v) is 15.8. The maximum Gasteiger partial charge on any atom is 0.261 e. The van der Waals surface area contributed by atoms with Gasteiger partial charge in [-0.2, -0.15) is 0 Å². The number of hydrogen-bond donors (Lipinski definition) is 1. The van der Waals surface area contributed by atoms with Gasteiger partial charge in [-0.3, -0.25) is 14.4 Å². The normalized spacial score (nSPS) is 15.0. The summed E-state index contributed by atoms with van der Waals surface area (Å²) < 4.78 is 13.3. The Hall–Kier alpha value is -4.06. The molecule has 30 heavy (non-hydrogen) atoms. The lowest BCUT2D eigenvalue weighted by molar-refractivity contribution is -0.120. The van der Waals surface area contributed by atoms with Crippen LogP contribution in [0.4, 0.5) is 15.8 Å². The summed E-state index contributed by atoms with van der Waals surface area (Å²) in [6, 6.07) is 21.0. The number of para-hydroxylation sites is 1. The van der Waals surface area contributed by atoms with Crippen molar-refractivity contribution in [1.29, 1.82) is 0 Å². The van der Waals surface area contributed by atoms with Gasteiger partial charge in [-0.1, -0.05) is 36.4 Å². The van der Waals surface area contributed by atoms with E-state index in [-0.39, 0.29) is 18.2 Å². The molecule has 1 aliphatic heterocycles. The minimum absolute atomic E-state index is 0.00650. The van der Waals surface area contributed by atoms with Gasteiger partial charge in [-0.15, -0.1) is 0 Å². The Bertz CT molecular complexity index is 1170. The molecule has 3 aromatic carbocycles. The summed E-state index contributed by atoms with van der Waals surface area (Å²) in [4.78, 5) is 38.7. The van der Waals surface area contributed by atoms with E-state index in [1.807, 2.05) is 6.07 Å². The van der Waals surface area contributed by atoms with Crippen molar-refractivity contribution in [3.05, 3.63) is 101 Å². The van der Waals surface area contributed by atoms with E-state index < -0.39 is 11.7 Å². The van der Waals surface area contributed by atoms with E-state index in [4.69, 9.17) is 0 Å². The number of nitrogens with one attached hydrogen (secondary N) is 1. The fourth-order valence-electron chi connectivity index (χ4n) is 3.27. The largest absolute Gasteiger partial charge is 0.322 e. The van der Waals surface area contributed by atoms with Crippen LogP contribution in [-0.2, 0) is 9.59 Å². The molecule has 0 aliphatic carbocycles. The van der Waals surface area contributed by atoms with E-state index in [2.05, 4.69) is 5.32 Å². The molecule has 0 unspecified atom stereocenters. The second-order valence-electron chi connectivity index (χ2n) is 6.81. The van der Waals surface area contributed by atoms with Crippen molar-refractivity contribution >= 4 is 35.2 Å². The van der Waals surface area contributed by atoms with Gasteiger partial charge in [0.05, 0.1) is 12.1 Å². The first-order valence-corrected chi connectivity index (χ1v) is 9.31. The molecule has 0 atom stereocenters. The van der Waals surface area contributed by atoms with Crippen LogP contribution in [0.15, 0.2) is 84.4 Å². The number of amides is 3. The molecule has 0 radical (unpaired) electrons. The van der Waals surface area contributed by atoms with Crippen LogP contribution in [0.25, 0.3) is 6.08 Å². The van der Waals surface area contributed by atoms with Crippen molar-refractivity contribution in [2.45, 2.75) is 6.42 Å². The molecule has 5 nitrogen and oxygen atoms in total. The smallest absolute Gasteiger partial charge is 0.261 e. The summed E-state index contributed by atoms with van der Waals surface area (Å²) in [6.07, 6.45) is 1.61. The van der Waals surface area contributed by atoms with Crippen LogP contribution in [0, 0.1) is 5.82 Å². The van der Waals surface area contributed by atoms with E-state index in [9.17, 15) is 18.8 Å². The SMILES string of the molecule is O=C(Nc1cccc(F)c1)c1cccc(/C=C2\CC(=O)N(c3ccccc3)C2=O)c1. The quantitative estimate of drug-likeness (QED) is 0.521. The second-order valence-corrected chi connectivity index (χ2v) is 6.81. The fourth-order valence-corrected chi connectivity index (χ4v) is 3.27. The van der Waals surface area contributed by atoms with Crippen molar-refractivity contribution in [2.24, 2.45) is 0 Å². The molecule has 4 rings (SSSR count). The minimum Gasteiger partial charge on any atom is -0.322 e. The summed E-state index contributed by atoms with van der Waals surface area (Å²) in [5, 5.41) is 2.64. The maximum absolute atomic E-state index is 13.3. The molecule has 1 N–H and O–H groups in total. The zero-order chi connectivity index (χ0) is 21.1. The van der Waals surface area contributed by atoms with Gasteiger partial charge in [0.25, 0.3) is 11.8 Å². The summed E-state index contributed by atoms with van der Waals surface area (Å²) in [5.41, 5.74) is 2.20. The molecule has 0 spiro atoms. The van der Waals surface area contributed by atoms with E-state index in [0.717, 1.165) is 4.90 Å². The Morgan fingerprint density at radius 3 is 2.47 bits per heavy atom. The third-order valence-corrected chi connectivity index (χ3v) is 4.66. The van der Waals surface area contributed by atoms with Crippen molar-refractivity contribution in [3.8, 4) is 0 Å². The van der Waals surface area contributed by atoms with Crippen LogP contribution < -0.4 is 10.2 Å². The molecule has 6 heteroatoms. The van der Waals surface area contributed by atoms with Crippen molar-refractivity contribution < 1.29 is 18.8 Å². The highest BCUT2D eigenvalue weighted by molar-refractivity contribution is 6.29. The number of anilines is 2. The van der Waals surface area contributed by atoms with E-state index in [1.54, 1.807) is 60.7 Å². The van der Waals surface area contributed by atoms with Gasteiger partial charge in [0.15, 0.2) is 0 Å². The Balaban J connectivity index is 1.55. The van der Waals surface area contributed by atoms with Gasteiger partial charge < -0.3 is 5.32 Å². The highest BCUT2D eigenvalue weighted by atomic mass is 19.1. The van der Waals surface area contributed by atoms with Gasteiger partial charge in [0, 0.05) is 16.8 Å². The van der Waals surface area contributed by atoms with Crippen LogP contribution >= 0.6 is 0 Å². The van der Waals surface area contributed by atoms with Gasteiger partial charge in [0.2, 0.25) is 5.91 Å². The predicted octanol–water partition coefficient (Wildman–Crippen LogP) is 4.42. The van der Waals surface area contributed by atoms with Crippen molar-refractivity contribution in [3.63, 3.8) is 0 Å².